The highest BCUT2D eigenvalue weighted by atomic mass is 32.1. The summed E-state index contributed by atoms with van der Waals surface area (Å²) in [4.78, 5) is 13.7. The molecule has 3 rings (SSSR count). The highest BCUT2D eigenvalue weighted by molar-refractivity contribution is 7.21. The Morgan fingerprint density at radius 1 is 1.30 bits per heavy atom. The fraction of sp³-hybridized carbons (Fsp3) is 0.500. The van der Waals surface area contributed by atoms with Gasteiger partial charge in [0.1, 0.15) is 9.71 Å². The van der Waals surface area contributed by atoms with Crippen molar-refractivity contribution in [2.24, 2.45) is 0 Å². The van der Waals surface area contributed by atoms with Gasteiger partial charge in [-0.15, -0.1) is 16.4 Å². The van der Waals surface area contributed by atoms with Crippen LogP contribution in [0.1, 0.15) is 48.2 Å². The molecule has 2 heterocycles. The van der Waals surface area contributed by atoms with Crippen molar-refractivity contribution in [1.82, 2.24) is 15.5 Å². The maximum absolute atomic E-state index is 12.4. The van der Waals surface area contributed by atoms with E-state index < -0.39 is 0 Å². The number of hydrogen-bond acceptors (Lipinski definition) is 5. The Kier molecular flexibility index (Phi) is 3.82. The molecule has 1 amide bonds. The van der Waals surface area contributed by atoms with Crippen molar-refractivity contribution in [3.05, 3.63) is 17.1 Å². The molecule has 0 aromatic carbocycles. The number of anilines is 1. The lowest BCUT2D eigenvalue weighted by Gasteiger charge is -2.15. The van der Waals surface area contributed by atoms with Gasteiger partial charge in [-0.3, -0.25) is 4.79 Å². The van der Waals surface area contributed by atoms with Crippen molar-refractivity contribution in [2.45, 2.75) is 44.6 Å². The smallest absolute Gasteiger partial charge is 0.263 e. The second kappa shape index (κ2) is 5.75. The number of nitrogens with two attached hydrogens (primary N) is 1. The monoisotopic (exact) mass is 290 g/mol. The number of thiophene rings is 1. The minimum atomic E-state index is -0.0719. The van der Waals surface area contributed by atoms with Gasteiger partial charge in [0.2, 0.25) is 0 Å². The summed E-state index contributed by atoms with van der Waals surface area (Å²) in [6, 6.07) is 2.08. The van der Waals surface area contributed by atoms with Crippen molar-refractivity contribution in [3.63, 3.8) is 0 Å². The minimum absolute atomic E-state index is 0.0719. The molecule has 2 aromatic rings. The van der Waals surface area contributed by atoms with Crippen LogP contribution < -0.4 is 11.1 Å². The van der Waals surface area contributed by atoms with Crippen LogP contribution in [-0.2, 0) is 0 Å². The average molecular weight is 290 g/mol. The molecule has 0 aliphatic heterocycles. The maximum Gasteiger partial charge on any atom is 0.263 e. The number of nitrogen functional groups attached to an aromatic ring is 1. The first-order chi connectivity index (χ1) is 9.75. The fourth-order valence-electron chi connectivity index (χ4n) is 2.72. The topological polar surface area (TPSA) is 80.9 Å². The molecular weight excluding hydrogens is 272 g/mol. The van der Waals surface area contributed by atoms with Crippen LogP contribution in [0.25, 0.3) is 10.2 Å². The van der Waals surface area contributed by atoms with Gasteiger partial charge in [-0.05, 0) is 18.9 Å². The molecule has 0 saturated heterocycles. The van der Waals surface area contributed by atoms with E-state index in [4.69, 9.17) is 5.73 Å². The predicted octanol–water partition coefficient (Wildman–Crippen LogP) is 2.73. The van der Waals surface area contributed by atoms with Crippen LogP contribution in [0.15, 0.2) is 12.3 Å². The standard InChI is InChI=1S/C14H18N4OS/c15-11-10-7-8-16-18-14(10)20-12(11)13(19)17-9-5-3-1-2-4-6-9/h7-9H,1-6,15H2,(H,17,19). The van der Waals surface area contributed by atoms with Crippen LogP contribution in [0.2, 0.25) is 0 Å². The van der Waals surface area contributed by atoms with Crippen molar-refractivity contribution in [3.8, 4) is 0 Å². The number of fused-ring (bicyclic) bond motifs is 1. The largest absolute Gasteiger partial charge is 0.397 e. The number of nitrogens with one attached hydrogen (secondary N) is 1. The Balaban J connectivity index is 1.79. The first-order valence-electron chi connectivity index (χ1n) is 7.06. The summed E-state index contributed by atoms with van der Waals surface area (Å²) in [5, 5.41) is 11.8. The Morgan fingerprint density at radius 3 is 2.75 bits per heavy atom. The summed E-state index contributed by atoms with van der Waals surface area (Å²) in [5.41, 5.74) is 6.58. The number of rotatable bonds is 2. The van der Waals surface area contributed by atoms with Crippen LogP contribution >= 0.6 is 11.3 Å². The summed E-state index contributed by atoms with van der Waals surface area (Å²) in [6.45, 7) is 0. The quantitative estimate of drug-likeness (QED) is 0.833. The Bertz CT molecular complexity index is 617. The van der Waals surface area contributed by atoms with E-state index in [1.165, 1.54) is 37.0 Å². The zero-order chi connectivity index (χ0) is 13.9. The number of hydrogen-bond donors (Lipinski definition) is 2. The van der Waals surface area contributed by atoms with Gasteiger partial charge in [0.05, 0.1) is 11.9 Å². The van der Waals surface area contributed by atoms with E-state index in [1.54, 1.807) is 12.3 Å². The van der Waals surface area contributed by atoms with Gasteiger partial charge in [-0.1, -0.05) is 25.7 Å². The molecule has 1 aliphatic carbocycles. The number of carbonyl (C=O) groups is 1. The third-order valence-electron chi connectivity index (χ3n) is 3.82. The van der Waals surface area contributed by atoms with Crippen LogP contribution in [-0.4, -0.2) is 22.1 Å². The molecule has 1 aliphatic rings. The zero-order valence-electron chi connectivity index (χ0n) is 11.3. The van der Waals surface area contributed by atoms with Gasteiger partial charge in [0, 0.05) is 11.4 Å². The number of carbonyl (C=O) groups excluding carboxylic acids is 1. The third-order valence-corrected chi connectivity index (χ3v) is 4.92. The maximum atomic E-state index is 12.4. The van der Waals surface area contributed by atoms with Crippen LogP contribution in [0.5, 0.6) is 0 Å². The molecule has 3 N–H and O–H groups in total. The van der Waals surface area contributed by atoms with E-state index in [1.807, 2.05) is 0 Å². The SMILES string of the molecule is Nc1c(C(=O)NC2CCCCCC2)sc2nnccc12. The van der Waals surface area contributed by atoms with Gasteiger partial charge < -0.3 is 11.1 Å². The summed E-state index contributed by atoms with van der Waals surface area (Å²) in [6.07, 6.45) is 8.65. The van der Waals surface area contributed by atoms with Crippen LogP contribution in [0.3, 0.4) is 0 Å². The van der Waals surface area contributed by atoms with E-state index in [9.17, 15) is 4.79 Å². The molecule has 20 heavy (non-hydrogen) atoms. The normalized spacial score (nSPS) is 17.0. The molecule has 5 nitrogen and oxygen atoms in total. The summed E-state index contributed by atoms with van der Waals surface area (Å²) in [5.74, 6) is -0.0719. The van der Waals surface area contributed by atoms with Crippen molar-refractivity contribution >= 4 is 33.1 Å². The highest BCUT2D eigenvalue weighted by Gasteiger charge is 2.20. The van der Waals surface area contributed by atoms with Gasteiger partial charge in [0.15, 0.2) is 0 Å². The van der Waals surface area contributed by atoms with Crippen molar-refractivity contribution in [2.75, 3.05) is 5.73 Å². The lowest BCUT2D eigenvalue weighted by atomic mass is 10.1. The second-order valence-corrected chi connectivity index (χ2v) is 6.26. The molecule has 2 aromatic heterocycles. The Hall–Kier alpha value is -1.69. The summed E-state index contributed by atoms with van der Waals surface area (Å²) >= 11 is 1.32. The number of nitrogens with zero attached hydrogens (tertiary/aromatic N) is 2. The molecule has 1 fully saturated rings. The van der Waals surface area contributed by atoms with Gasteiger partial charge >= 0.3 is 0 Å². The number of aromatic nitrogens is 2. The summed E-state index contributed by atoms with van der Waals surface area (Å²) in [7, 11) is 0. The minimum Gasteiger partial charge on any atom is -0.397 e. The fourth-order valence-corrected chi connectivity index (χ4v) is 3.66. The van der Waals surface area contributed by atoms with E-state index in [0.29, 0.717) is 10.6 Å². The molecule has 0 radical (unpaired) electrons. The average Bonchev–Trinajstić information content (AvgIpc) is 2.64. The van der Waals surface area contributed by atoms with Crippen molar-refractivity contribution < 1.29 is 4.79 Å². The molecular formula is C14H18N4OS. The number of amides is 1. The third kappa shape index (κ3) is 2.60. The lowest BCUT2D eigenvalue weighted by Crippen LogP contribution is -2.34. The molecule has 6 heteroatoms. The van der Waals surface area contributed by atoms with Crippen molar-refractivity contribution in [1.29, 1.82) is 0 Å². The van der Waals surface area contributed by atoms with E-state index >= 15 is 0 Å². The molecule has 0 spiro atoms. The van der Waals surface area contributed by atoms with E-state index in [0.717, 1.165) is 23.1 Å². The first kappa shape index (κ1) is 13.3. The molecule has 1 saturated carbocycles. The second-order valence-electron chi connectivity index (χ2n) is 5.26. The van der Waals surface area contributed by atoms with E-state index in [-0.39, 0.29) is 11.9 Å². The predicted molar refractivity (Wildman–Crippen MR) is 80.8 cm³/mol. The highest BCUT2D eigenvalue weighted by Crippen LogP contribution is 2.31. The van der Waals surface area contributed by atoms with Crippen LogP contribution in [0.4, 0.5) is 5.69 Å². The zero-order valence-corrected chi connectivity index (χ0v) is 12.1. The molecule has 0 bridgehead atoms. The molecule has 0 atom stereocenters. The first-order valence-corrected chi connectivity index (χ1v) is 7.88. The summed E-state index contributed by atoms with van der Waals surface area (Å²) < 4.78 is 0. The molecule has 0 unspecified atom stereocenters. The van der Waals surface area contributed by atoms with Gasteiger partial charge in [-0.2, -0.15) is 5.10 Å². The Morgan fingerprint density at radius 2 is 2.05 bits per heavy atom. The lowest BCUT2D eigenvalue weighted by molar-refractivity contribution is 0.0938. The van der Waals surface area contributed by atoms with Crippen LogP contribution in [0, 0.1) is 0 Å². The molecule has 106 valence electrons. The Labute approximate surface area is 121 Å². The van der Waals surface area contributed by atoms with E-state index in [2.05, 4.69) is 15.5 Å². The van der Waals surface area contributed by atoms with Gasteiger partial charge in [-0.25, -0.2) is 0 Å². The van der Waals surface area contributed by atoms with Gasteiger partial charge in [0.25, 0.3) is 5.91 Å².